The first-order valence-electron chi connectivity index (χ1n) is 11.4. The molecule has 0 radical (unpaired) electrons. The van der Waals surface area contributed by atoms with E-state index in [1.165, 1.54) is 0 Å². The van der Waals surface area contributed by atoms with Crippen molar-refractivity contribution in [1.29, 1.82) is 0 Å². The van der Waals surface area contributed by atoms with Gasteiger partial charge in [-0.25, -0.2) is 4.98 Å². The number of aromatic hydroxyl groups is 1. The smallest absolute Gasteiger partial charge is 0.214 e. The Morgan fingerprint density at radius 1 is 0.914 bits per heavy atom. The van der Waals surface area contributed by atoms with Gasteiger partial charge in [0.2, 0.25) is 5.88 Å². The second-order valence-electron chi connectivity index (χ2n) is 8.52. The van der Waals surface area contributed by atoms with Crippen molar-refractivity contribution in [3.8, 4) is 17.0 Å². The monoisotopic (exact) mass is 457 g/mol. The minimum absolute atomic E-state index is 0.202. The summed E-state index contributed by atoms with van der Waals surface area (Å²) in [6, 6.07) is 36.4. The molecular formula is C31H23NO3. The molecule has 2 unspecified atom stereocenters. The highest BCUT2D eigenvalue weighted by atomic mass is 16.3. The van der Waals surface area contributed by atoms with E-state index in [1.807, 2.05) is 91.0 Å². The number of carbonyl (C=O) groups excluding carboxylic acids is 1. The van der Waals surface area contributed by atoms with Crippen LogP contribution >= 0.6 is 0 Å². The Kier molecular flexibility index (Phi) is 6.01. The number of nitrogens with zero attached hydrogens (tertiary/aromatic N) is 1. The van der Waals surface area contributed by atoms with Crippen molar-refractivity contribution in [2.24, 2.45) is 0 Å². The summed E-state index contributed by atoms with van der Waals surface area (Å²) in [6.45, 7) is 0. The van der Waals surface area contributed by atoms with Gasteiger partial charge in [-0.3, -0.25) is 0 Å². The van der Waals surface area contributed by atoms with Gasteiger partial charge in [0.15, 0.2) is 0 Å². The van der Waals surface area contributed by atoms with Crippen molar-refractivity contribution in [2.75, 3.05) is 0 Å². The molecule has 5 aromatic rings. The van der Waals surface area contributed by atoms with Crippen molar-refractivity contribution in [2.45, 2.75) is 17.9 Å². The summed E-state index contributed by atoms with van der Waals surface area (Å²) in [5.41, 5.74) is 1.60. The highest BCUT2D eigenvalue weighted by Gasteiger charge is 2.43. The minimum atomic E-state index is -1.73. The molecule has 4 heteroatoms. The Morgan fingerprint density at radius 2 is 1.60 bits per heavy atom. The van der Waals surface area contributed by atoms with E-state index in [4.69, 9.17) is 0 Å². The van der Waals surface area contributed by atoms with Crippen LogP contribution < -0.4 is 0 Å². The van der Waals surface area contributed by atoms with E-state index in [0.29, 0.717) is 17.4 Å². The fourth-order valence-electron chi connectivity index (χ4n) is 4.77. The first-order valence-corrected chi connectivity index (χ1v) is 11.4. The molecule has 0 bridgehead atoms. The van der Waals surface area contributed by atoms with Gasteiger partial charge in [0.05, 0.1) is 0 Å². The normalized spacial score (nSPS) is 13.5. The van der Waals surface area contributed by atoms with E-state index in [1.54, 1.807) is 12.3 Å². The molecule has 2 atom stereocenters. The van der Waals surface area contributed by atoms with Gasteiger partial charge in [-0.1, -0.05) is 97.1 Å². The lowest BCUT2D eigenvalue weighted by Gasteiger charge is -2.36. The molecule has 0 saturated heterocycles. The maximum Gasteiger partial charge on any atom is 0.214 e. The Morgan fingerprint density at radius 3 is 2.34 bits per heavy atom. The first kappa shape index (κ1) is 22.3. The Hall–Kier alpha value is -4.46. The molecule has 2 N–H and O–H groups in total. The second-order valence-corrected chi connectivity index (χ2v) is 8.52. The fraction of sp³-hybridized carbons (Fsp3) is 0.0968. The molecule has 0 saturated carbocycles. The van der Waals surface area contributed by atoms with Crippen LogP contribution in [0.25, 0.3) is 21.9 Å². The molecular weight excluding hydrogens is 434 g/mol. The predicted molar refractivity (Wildman–Crippen MR) is 136 cm³/mol. The maximum absolute atomic E-state index is 12.4. The molecule has 0 fully saturated rings. The second kappa shape index (κ2) is 9.42. The molecule has 5 rings (SSSR count). The third-order valence-corrected chi connectivity index (χ3v) is 6.41. The topological polar surface area (TPSA) is 70.4 Å². The number of benzene rings is 3. The van der Waals surface area contributed by atoms with Crippen molar-refractivity contribution in [3.63, 3.8) is 0 Å². The third kappa shape index (κ3) is 4.14. The van der Waals surface area contributed by atoms with Crippen molar-refractivity contribution in [3.05, 3.63) is 132 Å². The van der Waals surface area contributed by atoms with Gasteiger partial charge < -0.3 is 15.0 Å². The van der Waals surface area contributed by atoms with Gasteiger partial charge in [0.25, 0.3) is 0 Å². The first-order chi connectivity index (χ1) is 17.1. The summed E-state index contributed by atoms with van der Waals surface area (Å²) < 4.78 is 0. The van der Waals surface area contributed by atoms with E-state index in [2.05, 4.69) is 17.1 Å². The van der Waals surface area contributed by atoms with Gasteiger partial charge in [-0.05, 0) is 34.0 Å². The van der Waals surface area contributed by atoms with Gasteiger partial charge in [-0.2, -0.15) is 0 Å². The van der Waals surface area contributed by atoms with E-state index in [-0.39, 0.29) is 12.3 Å². The van der Waals surface area contributed by atoms with Crippen LogP contribution in [0.1, 0.15) is 29.0 Å². The molecule has 0 aliphatic carbocycles. The van der Waals surface area contributed by atoms with Crippen LogP contribution in [-0.4, -0.2) is 21.5 Å². The molecule has 35 heavy (non-hydrogen) atoms. The summed E-state index contributed by atoms with van der Waals surface area (Å²) in [6.07, 6.45) is 2.10. The molecule has 1 aromatic heterocycles. The Bertz CT molecular complexity index is 1460. The van der Waals surface area contributed by atoms with Crippen molar-refractivity contribution >= 4 is 17.1 Å². The van der Waals surface area contributed by atoms with Gasteiger partial charge in [0, 0.05) is 35.2 Å². The summed E-state index contributed by atoms with van der Waals surface area (Å²) in [7, 11) is 0. The number of pyridine rings is 1. The number of fused-ring (bicyclic) bond motifs is 1. The quantitative estimate of drug-likeness (QED) is 0.302. The van der Waals surface area contributed by atoms with Gasteiger partial charge in [-0.15, -0.1) is 0 Å². The number of hydrogen-bond acceptors (Lipinski definition) is 4. The number of aromatic nitrogens is 1. The molecule has 1 heterocycles. The van der Waals surface area contributed by atoms with Crippen LogP contribution in [0.2, 0.25) is 0 Å². The molecule has 0 amide bonds. The zero-order chi connectivity index (χ0) is 24.3. The predicted octanol–water partition coefficient (Wildman–Crippen LogP) is 5.82. The average Bonchev–Trinajstić information content (AvgIpc) is 2.91. The number of rotatable bonds is 7. The van der Waals surface area contributed by atoms with E-state index in [0.717, 1.165) is 27.5 Å². The summed E-state index contributed by atoms with van der Waals surface area (Å²) in [5.74, 6) is -1.01. The number of carbonyl (C=O) groups is 1. The molecule has 0 aliphatic heterocycles. The van der Waals surface area contributed by atoms with Crippen LogP contribution in [0.5, 0.6) is 5.88 Å². The van der Waals surface area contributed by atoms with Gasteiger partial charge in [0.1, 0.15) is 11.9 Å². The van der Waals surface area contributed by atoms with Crippen molar-refractivity contribution in [1.82, 2.24) is 4.98 Å². The van der Waals surface area contributed by atoms with Gasteiger partial charge >= 0.3 is 0 Å². The minimum Gasteiger partial charge on any atom is -0.493 e. The Balaban J connectivity index is 1.80. The molecule has 4 nitrogen and oxygen atoms in total. The third-order valence-electron chi connectivity index (χ3n) is 6.41. The Labute approximate surface area is 204 Å². The van der Waals surface area contributed by atoms with Crippen LogP contribution in [0.15, 0.2) is 103 Å². The lowest BCUT2D eigenvalue weighted by Crippen LogP contribution is -2.35. The standard InChI is InChI=1S/C31H23NO3/c33-19-18-31(35,28-17-9-15-23-12-7-8-16-26(23)28)29(24-13-5-2-6-14-24)27-20-25(21-32-30(27)34)22-10-3-1-4-11-22/h1-8,10-16,19-21,29,35H,18H2,(H,32,34). The van der Waals surface area contributed by atoms with Crippen LogP contribution in [-0.2, 0) is 10.4 Å². The number of aliphatic hydroxyl groups is 1. The SMILES string of the molecule is O=CCC(O)(c1c#ccc2ccccc12)C(c1ccccc1)c1cc(-c2ccccc2)cnc1O. The zero-order valence-corrected chi connectivity index (χ0v) is 18.9. The number of aldehydes is 1. The highest BCUT2D eigenvalue weighted by molar-refractivity contribution is 5.86. The lowest BCUT2D eigenvalue weighted by atomic mass is 9.71. The molecule has 0 spiro atoms. The molecule has 4 aromatic carbocycles. The summed E-state index contributed by atoms with van der Waals surface area (Å²) in [5, 5.41) is 25.0. The highest BCUT2D eigenvalue weighted by Crippen LogP contribution is 2.47. The van der Waals surface area contributed by atoms with E-state index < -0.39 is 11.5 Å². The number of hydrogen-bond donors (Lipinski definition) is 2. The molecule has 170 valence electrons. The van der Waals surface area contributed by atoms with Crippen LogP contribution in [0.4, 0.5) is 0 Å². The summed E-state index contributed by atoms with van der Waals surface area (Å²) in [4.78, 5) is 16.3. The van der Waals surface area contributed by atoms with Crippen molar-refractivity contribution < 1.29 is 15.0 Å². The van der Waals surface area contributed by atoms with Crippen LogP contribution in [0, 0.1) is 12.1 Å². The molecule has 0 aliphatic rings. The summed E-state index contributed by atoms with van der Waals surface area (Å²) >= 11 is 0. The largest absolute Gasteiger partial charge is 0.493 e. The lowest BCUT2D eigenvalue weighted by molar-refractivity contribution is -0.113. The van der Waals surface area contributed by atoms with E-state index in [9.17, 15) is 15.0 Å². The average molecular weight is 458 g/mol. The fourth-order valence-corrected chi connectivity index (χ4v) is 4.77. The maximum atomic E-state index is 12.4. The van der Waals surface area contributed by atoms with Crippen LogP contribution in [0.3, 0.4) is 0 Å². The zero-order valence-electron chi connectivity index (χ0n) is 18.9. The van der Waals surface area contributed by atoms with E-state index >= 15 is 0 Å².